The summed E-state index contributed by atoms with van der Waals surface area (Å²) < 4.78 is 27.7. The Morgan fingerprint density at radius 1 is 1.08 bits per heavy atom. The van der Waals surface area contributed by atoms with Gasteiger partial charge in [-0.2, -0.15) is 4.31 Å². The van der Waals surface area contributed by atoms with E-state index in [4.69, 9.17) is 0 Å². The lowest BCUT2D eigenvalue weighted by Crippen LogP contribution is -2.28. The van der Waals surface area contributed by atoms with E-state index in [2.05, 4.69) is 21.2 Å². The number of sulfonamides is 1. The molecule has 0 aromatic heterocycles. The number of nitrogens with one attached hydrogen (secondary N) is 1. The Balaban J connectivity index is 1.71. The summed E-state index contributed by atoms with van der Waals surface area (Å²) in [4.78, 5) is 12.4. The second-order valence-corrected chi connectivity index (χ2v) is 8.84. The van der Waals surface area contributed by atoms with Crippen molar-refractivity contribution in [3.63, 3.8) is 0 Å². The number of carbonyl (C=O) groups is 1. The molecule has 3 rings (SSSR count). The number of halogens is 1. The number of rotatable bonds is 5. The van der Waals surface area contributed by atoms with Crippen molar-refractivity contribution >= 4 is 37.5 Å². The molecule has 1 aliphatic rings. The first-order chi connectivity index (χ1) is 11.9. The first kappa shape index (κ1) is 18.1. The van der Waals surface area contributed by atoms with E-state index in [0.717, 1.165) is 22.9 Å². The number of nitrogens with zero attached hydrogens (tertiary/aromatic N) is 1. The summed E-state index contributed by atoms with van der Waals surface area (Å²) in [6, 6.07) is 13.9. The van der Waals surface area contributed by atoms with Crippen molar-refractivity contribution in [1.29, 1.82) is 0 Å². The fourth-order valence-corrected chi connectivity index (χ4v) is 4.63. The van der Waals surface area contributed by atoms with Gasteiger partial charge in [0.15, 0.2) is 0 Å². The van der Waals surface area contributed by atoms with Crippen LogP contribution in [0.3, 0.4) is 0 Å². The molecule has 1 saturated heterocycles. The van der Waals surface area contributed by atoms with Gasteiger partial charge in [0, 0.05) is 23.2 Å². The minimum atomic E-state index is -3.48. The summed E-state index contributed by atoms with van der Waals surface area (Å²) in [5.74, 6) is -0.182. The van der Waals surface area contributed by atoms with E-state index >= 15 is 0 Å². The summed E-state index contributed by atoms with van der Waals surface area (Å²) in [5, 5.41) is 2.77. The minimum absolute atomic E-state index is 0.182. The molecule has 0 atom stereocenters. The average Bonchev–Trinajstić information content (AvgIpc) is 3.12. The van der Waals surface area contributed by atoms with Crippen molar-refractivity contribution in [3.8, 4) is 0 Å². The lowest BCUT2D eigenvalue weighted by atomic mass is 10.1. The standard InChI is InChI=1S/C18H19BrN2O3S/c19-15-8-6-14(7-9-15)12-18(22)20-16-4-3-5-17(13-16)25(23,24)21-10-1-2-11-21/h3-9,13H,1-2,10-12H2,(H,20,22). The predicted molar refractivity (Wildman–Crippen MR) is 101 cm³/mol. The van der Waals surface area contributed by atoms with Crippen LogP contribution in [0.25, 0.3) is 0 Å². The molecule has 5 nitrogen and oxygen atoms in total. The van der Waals surface area contributed by atoms with E-state index in [9.17, 15) is 13.2 Å². The molecule has 0 aliphatic carbocycles. The third-order valence-corrected chi connectivity index (χ3v) is 6.52. The topological polar surface area (TPSA) is 66.5 Å². The van der Waals surface area contributed by atoms with E-state index in [-0.39, 0.29) is 17.2 Å². The summed E-state index contributed by atoms with van der Waals surface area (Å²) >= 11 is 3.36. The fraction of sp³-hybridized carbons (Fsp3) is 0.278. The molecule has 132 valence electrons. The van der Waals surface area contributed by atoms with Crippen LogP contribution in [0.2, 0.25) is 0 Å². The van der Waals surface area contributed by atoms with E-state index in [1.165, 1.54) is 10.4 Å². The van der Waals surface area contributed by atoms with Crippen LogP contribution in [0.5, 0.6) is 0 Å². The predicted octanol–water partition coefficient (Wildman–Crippen LogP) is 3.41. The van der Waals surface area contributed by atoms with Crippen molar-refractivity contribution in [2.75, 3.05) is 18.4 Å². The number of hydrogen-bond acceptors (Lipinski definition) is 3. The highest BCUT2D eigenvalue weighted by Gasteiger charge is 2.27. The molecule has 1 heterocycles. The van der Waals surface area contributed by atoms with Gasteiger partial charge in [-0.3, -0.25) is 4.79 Å². The molecule has 0 saturated carbocycles. The van der Waals surface area contributed by atoms with Crippen molar-refractivity contribution in [2.45, 2.75) is 24.2 Å². The highest BCUT2D eigenvalue weighted by atomic mass is 79.9. The lowest BCUT2D eigenvalue weighted by molar-refractivity contribution is -0.115. The Kier molecular flexibility index (Phi) is 5.56. The highest BCUT2D eigenvalue weighted by Crippen LogP contribution is 2.23. The largest absolute Gasteiger partial charge is 0.326 e. The summed E-state index contributed by atoms with van der Waals surface area (Å²) in [6.07, 6.45) is 2.02. The SMILES string of the molecule is O=C(Cc1ccc(Br)cc1)Nc1cccc(S(=O)(=O)N2CCCC2)c1. The van der Waals surface area contributed by atoms with Gasteiger partial charge in [0.25, 0.3) is 0 Å². The summed E-state index contributed by atoms with van der Waals surface area (Å²) in [5.41, 5.74) is 1.38. The molecule has 1 N–H and O–H groups in total. The molecule has 7 heteroatoms. The van der Waals surface area contributed by atoms with Gasteiger partial charge in [-0.1, -0.05) is 34.1 Å². The van der Waals surface area contributed by atoms with Crippen LogP contribution in [-0.2, 0) is 21.2 Å². The number of amides is 1. The van der Waals surface area contributed by atoms with Crippen LogP contribution in [-0.4, -0.2) is 31.7 Å². The first-order valence-corrected chi connectivity index (χ1v) is 10.3. The maximum atomic E-state index is 12.6. The molecule has 25 heavy (non-hydrogen) atoms. The maximum Gasteiger partial charge on any atom is 0.243 e. The van der Waals surface area contributed by atoms with Gasteiger partial charge in [-0.15, -0.1) is 0 Å². The normalized spacial score (nSPS) is 15.2. The number of carbonyl (C=O) groups excluding carboxylic acids is 1. The van der Waals surface area contributed by atoms with Gasteiger partial charge >= 0.3 is 0 Å². The second-order valence-electron chi connectivity index (χ2n) is 5.99. The zero-order valence-electron chi connectivity index (χ0n) is 13.6. The second kappa shape index (κ2) is 7.68. The highest BCUT2D eigenvalue weighted by molar-refractivity contribution is 9.10. The third-order valence-electron chi connectivity index (χ3n) is 4.10. The van der Waals surface area contributed by atoms with E-state index in [0.29, 0.717) is 18.8 Å². The molecule has 0 spiro atoms. The van der Waals surface area contributed by atoms with Gasteiger partial charge in [0.05, 0.1) is 11.3 Å². The molecular formula is C18H19BrN2O3S. The summed E-state index contributed by atoms with van der Waals surface area (Å²) in [6.45, 7) is 1.12. The first-order valence-electron chi connectivity index (χ1n) is 8.10. The molecule has 0 radical (unpaired) electrons. The Morgan fingerprint density at radius 3 is 2.44 bits per heavy atom. The van der Waals surface area contributed by atoms with Crippen LogP contribution in [0.15, 0.2) is 57.9 Å². The monoisotopic (exact) mass is 422 g/mol. The number of hydrogen-bond donors (Lipinski definition) is 1. The van der Waals surface area contributed by atoms with E-state index in [1.54, 1.807) is 18.2 Å². The van der Waals surface area contributed by atoms with Crippen molar-refractivity contribution in [2.24, 2.45) is 0 Å². The molecular weight excluding hydrogens is 404 g/mol. The third kappa shape index (κ3) is 4.48. The van der Waals surface area contributed by atoms with Gasteiger partial charge in [0.1, 0.15) is 0 Å². The zero-order valence-corrected chi connectivity index (χ0v) is 16.0. The smallest absolute Gasteiger partial charge is 0.243 e. The number of anilines is 1. The zero-order chi connectivity index (χ0) is 17.9. The number of benzene rings is 2. The lowest BCUT2D eigenvalue weighted by Gasteiger charge is -2.16. The Hall–Kier alpha value is -1.70. The van der Waals surface area contributed by atoms with E-state index in [1.807, 2.05) is 24.3 Å². The van der Waals surface area contributed by atoms with Crippen molar-refractivity contribution < 1.29 is 13.2 Å². The van der Waals surface area contributed by atoms with Crippen molar-refractivity contribution in [3.05, 3.63) is 58.6 Å². The van der Waals surface area contributed by atoms with Gasteiger partial charge in [-0.25, -0.2) is 8.42 Å². The molecule has 0 bridgehead atoms. The Bertz CT molecular complexity index is 860. The average molecular weight is 423 g/mol. The van der Waals surface area contributed by atoms with Crippen LogP contribution >= 0.6 is 15.9 Å². The quantitative estimate of drug-likeness (QED) is 0.802. The summed E-state index contributed by atoms with van der Waals surface area (Å²) in [7, 11) is -3.48. The molecule has 2 aromatic rings. The molecule has 2 aromatic carbocycles. The van der Waals surface area contributed by atoms with Crippen molar-refractivity contribution in [1.82, 2.24) is 4.31 Å². The maximum absolute atomic E-state index is 12.6. The van der Waals surface area contributed by atoms with Gasteiger partial charge in [0.2, 0.25) is 15.9 Å². The Labute approximate surface area is 156 Å². The molecule has 1 fully saturated rings. The van der Waals surface area contributed by atoms with Gasteiger partial charge in [-0.05, 0) is 48.7 Å². The van der Waals surface area contributed by atoms with Crippen LogP contribution < -0.4 is 5.32 Å². The van der Waals surface area contributed by atoms with Crippen LogP contribution in [0.1, 0.15) is 18.4 Å². The molecule has 0 unspecified atom stereocenters. The molecule has 1 amide bonds. The Morgan fingerprint density at radius 2 is 1.76 bits per heavy atom. The van der Waals surface area contributed by atoms with Crippen LogP contribution in [0, 0.1) is 0 Å². The fourth-order valence-electron chi connectivity index (χ4n) is 2.80. The van der Waals surface area contributed by atoms with Gasteiger partial charge < -0.3 is 5.32 Å². The minimum Gasteiger partial charge on any atom is -0.326 e. The van der Waals surface area contributed by atoms with Crippen LogP contribution in [0.4, 0.5) is 5.69 Å². The van der Waals surface area contributed by atoms with E-state index < -0.39 is 10.0 Å². The molecule has 1 aliphatic heterocycles.